The second-order valence-corrected chi connectivity index (χ2v) is 5.85. The molecule has 0 radical (unpaired) electrons. The topological polar surface area (TPSA) is 38.7 Å². The molecule has 0 saturated carbocycles. The van der Waals surface area contributed by atoms with Gasteiger partial charge in [-0.2, -0.15) is 0 Å². The van der Waals surface area contributed by atoms with Gasteiger partial charge in [-0.15, -0.1) is 0 Å². The van der Waals surface area contributed by atoms with E-state index in [1.165, 1.54) is 14.2 Å². The zero-order valence-electron chi connectivity index (χ0n) is 12.0. The molecule has 0 aliphatic rings. The minimum atomic E-state index is -0.824. The summed E-state index contributed by atoms with van der Waals surface area (Å²) in [7, 11) is 3.05. The monoisotopic (exact) mass is 370 g/mol. The lowest BCUT2D eigenvalue weighted by Gasteiger charge is -2.18. The number of methoxy groups -OCH3 is 2. The van der Waals surface area contributed by atoms with Gasteiger partial charge in [0.1, 0.15) is 22.6 Å². The molecule has 0 aliphatic heterocycles. The Morgan fingerprint density at radius 1 is 1.14 bits per heavy atom. The van der Waals surface area contributed by atoms with Crippen molar-refractivity contribution in [2.24, 2.45) is 0 Å². The predicted octanol–water partition coefficient (Wildman–Crippen LogP) is 4.51. The zero-order valence-corrected chi connectivity index (χ0v) is 14.3. The first-order chi connectivity index (χ1) is 9.99. The molecule has 0 bridgehead atoms. The van der Waals surface area contributed by atoms with E-state index in [-0.39, 0.29) is 0 Å². The number of aliphatic hydroxyl groups is 1. The van der Waals surface area contributed by atoms with Gasteiger partial charge in [-0.1, -0.05) is 39.7 Å². The standard InChI is InChI=1S/C16H16BrClO3/c1-9-8-10(4-6-12(9)17)15(19)11-5-7-13(20-2)14(18)16(11)21-3/h4-8,15,19H,1-3H3. The van der Waals surface area contributed by atoms with Crippen molar-refractivity contribution >= 4 is 27.5 Å². The number of ether oxygens (including phenoxy) is 2. The first kappa shape index (κ1) is 16.1. The third-order valence-electron chi connectivity index (χ3n) is 3.31. The van der Waals surface area contributed by atoms with Crippen molar-refractivity contribution in [3.63, 3.8) is 0 Å². The van der Waals surface area contributed by atoms with E-state index >= 15 is 0 Å². The number of aliphatic hydroxyl groups excluding tert-OH is 1. The van der Waals surface area contributed by atoms with E-state index in [1.807, 2.05) is 25.1 Å². The Labute approximate surface area is 137 Å². The van der Waals surface area contributed by atoms with Crippen LogP contribution in [0.4, 0.5) is 0 Å². The van der Waals surface area contributed by atoms with E-state index in [0.717, 1.165) is 15.6 Å². The molecule has 1 atom stereocenters. The highest BCUT2D eigenvalue weighted by Gasteiger charge is 2.20. The third kappa shape index (κ3) is 3.18. The number of hydrogen-bond donors (Lipinski definition) is 1. The second kappa shape index (κ2) is 6.69. The zero-order chi connectivity index (χ0) is 15.6. The highest BCUT2D eigenvalue weighted by Crippen LogP contribution is 2.41. The van der Waals surface area contributed by atoms with Gasteiger partial charge in [0, 0.05) is 10.0 Å². The first-order valence-corrected chi connectivity index (χ1v) is 7.51. The lowest BCUT2D eigenvalue weighted by molar-refractivity contribution is 0.214. The molecule has 0 aliphatic carbocycles. The van der Waals surface area contributed by atoms with E-state index in [0.29, 0.717) is 22.1 Å². The quantitative estimate of drug-likeness (QED) is 0.859. The van der Waals surface area contributed by atoms with Crippen LogP contribution < -0.4 is 9.47 Å². The van der Waals surface area contributed by atoms with Crippen LogP contribution in [0, 0.1) is 6.92 Å². The van der Waals surface area contributed by atoms with Gasteiger partial charge >= 0.3 is 0 Å². The van der Waals surface area contributed by atoms with Gasteiger partial charge in [0.05, 0.1) is 14.2 Å². The fourth-order valence-corrected chi connectivity index (χ4v) is 2.72. The summed E-state index contributed by atoms with van der Waals surface area (Å²) in [5.41, 5.74) is 2.42. The van der Waals surface area contributed by atoms with Crippen LogP contribution in [0.2, 0.25) is 5.02 Å². The SMILES string of the molecule is COc1ccc(C(O)c2ccc(Br)c(C)c2)c(OC)c1Cl. The van der Waals surface area contributed by atoms with Gasteiger partial charge in [0.2, 0.25) is 0 Å². The van der Waals surface area contributed by atoms with Crippen molar-refractivity contribution in [3.05, 3.63) is 56.5 Å². The lowest BCUT2D eigenvalue weighted by Crippen LogP contribution is -2.04. The van der Waals surface area contributed by atoms with Crippen LogP contribution in [-0.2, 0) is 0 Å². The summed E-state index contributed by atoms with van der Waals surface area (Å²) in [5, 5.41) is 11.0. The molecule has 2 aromatic carbocycles. The highest BCUT2D eigenvalue weighted by atomic mass is 79.9. The molecule has 0 spiro atoms. The van der Waals surface area contributed by atoms with Crippen LogP contribution in [0.5, 0.6) is 11.5 Å². The Hall–Kier alpha value is -1.23. The van der Waals surface area contributed by atoms with Gasteiger partial charge in [0.25, 0.3) is 0 Å². The van der Waals surface area contributed by atoms with Gasteiger partial charge in [0.15, 0.2) is 0 Å². The number of benzene rings is 2. The van der Waals surface area contributed by atoms with Crippen molar-refractivity contribution in [3.8, 4) is 11.5 Å². The maximum absolute atomic E-state index is 10.6. The van der Waals surface area contributed by atoms with Crippen LogP contribution in [0.25, 0.3) is 0 Å². The van der Waals surface area contributed by atoms with Crippen molar-refractivity contribution in [2.45, 2.75) is 13.0 Å². The van der Waals surface area contributed by atoms with Crippen molar-refractivity contribution in [2.75, 3.05) is 14.2 Å². The third-order valence-corrected chi connectivity index (χ3v) is 4.56. The Morgan fingerprint density at radius 3 is 2.43 bits per heavy atom. The number of hydrogen-bond acceptors (Lipinski definition) is 3. The minimum absolute atomic E-state index is 0.352. The molecule has 21 heavy (non-hydrogen) atoms. The molecule has 0 heterocycles. The molecule has 3 nitrogen and oxygen atoms in total. The summed E-state index contributed by atoms with van der Waals surface area (Å²) < 4.78 is 11.5. The molecule has 2 aromatic rings. The van der Waals surface area contributed by atoms with Crippen LogP contribution in [0.15, 0.2) is 34.8 Å². The Morgan fingerprint density at radius 2 is 1.86 bits per heavy atom. The smallest absolute Gasteiger partial charge is 0.147 e. The molecule has 0 saturated heterocycles. The maximum atomic E-state index is 10.6. The van der Waals surface area contributed by atoms with Crippen molar-refractivity contribution < 1.29 is 14.6 Å². The van der Waals surface area contributed by atoms with Crippen molar-refractivity contribution in [1.29, 1.82) is 0 Å². The van der Waals surface area contributed by atoms with Crippen molar-refractivity contribution in [1.82, 2.24) is 0 Å². The predicted molar refractivity (Wildman–Crippen MR) is 87.5 cm³/mol. The lowest BCUT2D eigenvalue weighted by atomic mass is 9.99. The summed E-state index contributed by atoms with van der Waals surface area (Å²) in [6.07, 6.45) is -0.824. The molecule has 0 fully saturated rings. The molecule has 1 unspecified atom stereocenters. The van der Waals surface area contributed by atoms with Gasteiger partial charge in [-0.05, 0) is 36.2 Å². The average molecular weight is 372 g/mol. The summed E-state index contributed by atoms with van der Waals surface area (Å²) in [6, 6.07) is 9.16. The minimum Gasteiger partial charge on any atom is -0.495 e. The largest absolute Gasteiger partial charge is 0.495 e. The fraction of sp³-hybridized carbons (Fsp3) is 0.250. The Balaban J connectivity index is 2.50. The molecule has 0 amide bonds. The second-order valence-electron chi connectivity index (χ2n) is 4.62. The van der Waals surface area contributed by atoms with Crippen LogP contribution >= 0.6 is 27.5 Å². The van der Waals surface area contributed by atoms with E-state index in [2.05, 4.69) is 15.9 Å². The molecular weight excluding hydrogens is 356 g/mol. The molecular formula is C16H16BrClO3. The van der Waals surface area contributed by atoms with E-state index in [9.17, 15) is 5.11 Å². The van der Waals surface area contributed by atoms with E-state index in [1.54, 1.807) is 12.1 Å². The normalized spacial score (nSPS) is 12.1. The van der Waals surface area contributed by atoms with Crippen LogP contribution in [0.3, 0.4) is 0 Å². The average Bonchev–Trinajstić information content (AvgIpc) is 2.49. The van der Waals surface area contributed by atoms with Gasteiger partial charge < -0.3 is 14.6 Å². The first-order valence-electron chi connectivity index (χ1n) is 6.34. The summed E-state index contributed by atoms with van der Waals surface area (Å²) in [5.74, 6) is 0.931. The molecule has 0 aromatic heterocycles. The molecule has 112 valence electrons. The molecule has 1 N–H and O–H groups in total. The molecule has 5 heteroatoms. The number of aryl methyl sites for hydroxylation is 1. The molecule has 2 rings (SSSR count). The fourth-order valence-electron chi connectivity index (χ4n) is 2.15. The summed E-state index contributed by atoms with van der Waals surface area (Å²) in [4.78, 5) is 0. The number of rotatable bonds is 4. The summed E-state index contributed by atoms with van der Waals surface area (Å²) >= 11 is 9.68. The van der Waals surface area contributed by atoms with Gasteiger partial charge in [-0.25, -0.2) is 0 Å². The highest BCUT2D eigenvalue weighted by molar-refractivity contribution is 9.10. The van der Waals surface area contributed by atoms with E-state index in [4.69, 9.17) is 21.1 Å². The van der Waals surface area contributed by atoms with Crippen LogP contribution in [0.1, 0.15) is 22.8 Å². The Bertz CT molecular complexity index is 658. The summed E-state index contributed by atoms with van der Waals surface area (Å²) in [6.45, 7) is 1.97. The maximum Gasteiger partial charge on any atom is 0.147 e. The van der Waals surface area contributed by atoms with Crippen LogP contribution in [-0.4, -0.2) is 19.3 Å². The Kier molecular flexibility index (Phi) is 5.14. The van der Waals surface area contributed by atoms with E-state index < -0.39 is 6.10 Å². The van der Waals surface area contributed by atoms with Gasteiger partial charge in [-0.3, -0.25) is 0 Å². The number of halogens is 2.